The van der Waals surface area contributed by atoms with Gasteiger partial charge in [0.05, 0.1) is 31.3 Å². The Bertz CT molecular complexity index is 817. The van der Waals surface area contributed by atoms with E-state index >= 15 is 0 Å². The van der Waals surface area contributed by atoms with E-state index < -0.39 is 0 Å². The highest BCUT2D eigenvalue weighted by molar-refractivity contribution is 5.85. The van der Waals surface area contributed by atoms with Crippen molar-refractivity contribution < 1.29 is 14.3 Å². The number of aromatic nitrogens is 2. The summed E-state index contributed by atoms with van der Waals surface area (Å²) in [5.41, 5.74) is 1.80. The van der Waals surface area contributed by atoms with Gasteiger partial charge in [-0.2, -0.15) is 5.10 Å². The summed E-state index contributed by atoms with van der Waals surface area (Å²) in [6.07, 6.45) is 2.61. The van der Waals surface area contributed by atoms with Crippen LogP contribution in [0, 0.1) is 5.92 Å². The third kappa shape index (κ3) is 3.82. The molecular weight excluding hydrogens is 344 g/mol. The van der Waals surface area contributed by atoms with Crippen LogP contribution in [-0.4, -0.2) is 40.1 Å². The third-order valence-electron chi connectivity index (χ3n) is 5.21. The number of rotatable bonds is 6. The van der Waals surface area contributed by atoms with E-state index in [1.807, 2.05) is 44.3 Å². The second kappa shape index (κ2) is 8.24. The molecule has 0 spiro atoms. The second-order valence-corrected chi connectivity index (χ2v) is 6.68. The Morgan fingerprint density at radius 2 is 2.11 bits per heavy atom. The lowest BCUT2D eigenvalue weighted by Crippen LogP contribution is -2.48. The Morgan fingerprint density at radius 3 is 2.78 bits per heavy atom. The molecule has 3 rings (SSSR count). The number of methoxy groups -OCH3 is 1. The minimum Gasteiger partial charge on any atom is -0.496 e. The van der Waals surface area contributed by atoms with Crippen LogP contribution in [0.5, 0.6) is 5.75 Å². The SMILES string of the molecule is CCN1C(=O)CC[C@@H](C(=O)NCc2ccnn2C)[C@@H]1c1ccccc1OC. The summed E-state index contributed by atoms with van der Waals surface area (Å²) in [6.45, 7) is 2.90. The summed E-state index contributed by atoms with van der Waals surface area (Å²) < 4.78 is 7.24. The van der Waals surface area contributed by atoms with E-state index in [1.165, 1.54) is 0 Å². The third-order valence-corrected chi connectivity index (χ3v) is 5.21. The molecule has 1 aliphatic rings. The molecule has 0 aliphatic carbocycles. The molecule has 144 valence electrons. The molecule has 1 saturated heterocycles. The predicted octanol–water partition coefficient (Wildman–Crippen LogP) is 2.04. The van der Waals surface area contributed by atoms with E-state index in [-0.39, 0.29) is 23.8 Å². The molecule has 7 heteroatoms. The summed E-state index contributed by atoms with van der Waals surface area (Å²) in [5, 5.41) is 7.14. The molecule has 2 atom stereocenters. The van der Waals surface area contributed by atoms with E-state index in [4.69, 9.17) is 4.74 Å². The number of carbonyl (C=O) groups excluding carboxylic acids is 2. The largest absolute Gasteiger partial charge is 0.496 e. The summed E-state index contributed by atoms with van der Waals surface area (Å²) in [6, 6.07) is 9.15. The van der Waals surface area contributed by atoms with Gasteiger partial charge in [0.15, 0.2) is 0 Å². The lowest BCUT2D eigenvalue weighted by molar-refractivity contribution is -0.143. The Balaban J connectivity index is 1.87. The van der Waals surface area contributed by atoms with E-state index in [0.717, 1.165) is 11.3 Å². The average Bonchev–Trinajstić information content (AvgIpc) is 3.10. The number of piperidine rings is 1. The molecular formula is C20H26N4O3. The van der Waals surface area contributed by atoms with Crippen molar-refractivity contribution in [3.63, 3.8) is 0 Å². The van der Waals surface area contributed by atoms with Crippen molar-refractivity contribution in [3.8, 4) is 5.75 Å². The average molecular weight is 370 g/mol. The number of amides is 2. The number of hydrogen-bond donors (Lipinski definition) is 1. The van der Waals surface area contributed by atoms with Crippen LogP contribution < -0.4 is 10.1 Å². The first-order valence-corrected chi connectivity index (χ1v) is 9.23. The molecule has 0 unspecified atom stereocenters. The van der Waals surface area contributed by atoms with Gasteiger partial charge in [0, 0.05) is 31.8 Å². The number of nitrogens with one attached hydrogen (secondary N) is 1. The van der Waals surface area contributed by atoms with Gasteiger partial charge in [-0.3, -0.25) is 14.3 Å². The lowest BCUT2D eigenvalue weighted by atomic mass is 9.83. The number of likely N-dealkylation sites (tertiary alicyclic amines) is 1. The lowest BCUT2D eigenvalue weighted by Gasteiger charge is -2.40. The van der Waals surface area contributed by atoms with Crippen LogP contribution in [0.3, 0.4) is 0 Å². The molecule has 1 fully saturated rings. The highest BCUT2D eigenvalue weighted by Gasteiger charge is 2.41. The van der Waals surface area contributed by atoms with Gasteiger partial charge in [-0.15, -0.1) is 0 Å². The molecule has 27 heavy (non-hydrogen) atoms. The first-order valence-electron chi connectivity index (χ1n) is 9.23. The minimum absolute atomic E-state index is 0.0574. The topological polar surface area (TPSA) is 76.5 Å². The van der Waals surface area contributed by atoms with Gasteiger partial charge in [-0.1, -0.05) is 18.2 Å². The summed E-state index contributed by atoms with van der Waals surface area (Å²) in [4.78, 5) is 27.3. The fraction of sp³-hybridized carbons (Fsp3) is 0.450. The van der Waals surface area contributed by atoms with Gasteiger partial charge in [0.1, 0.15) is 5.75 Å². The predicted molar refractivity (Wildman–Crippen MR) is 101 cm³/mol. The van der Waals surface area contributed by atoms with E-state index in [9.17, 15) is 9.59 Å². The molecule has 1 aliphatic heterocycles. The fourth-order valence-corrected chi connectivity index (χ4v) is 3.78. The zero-order chi connectivity index (χ0) is 19.4. The van der Waals surface area contributed by atoms with Crippen molar-refractivity contribution in [2.75, 3.05) is 13.7 Å². The Morgan fingerprint density at radius 1 is 1.33 bits per heavy atom. The van der Waals surface area contributed by atoms with Crippen LogP contribution in [0.4, 0.5) is 0 Å². The Labute approximate surface area is 159 Å². The Kier molecular flexibility index (Phi) is 5.78. The monoisotopic (exact) mass is 370 g/mol. The smallest absolute Gasteiger partial charge is 0.225 e. The van der Waals surface area contributed by atoms with Gasteiger partial charge >= 0.3 is 0 Å². The van der Waals surface area contributed by atoms with Gasteiger partial charge in [0.25, 0.3) is 0 Å². The van der Waals surface area contributed by atoms with Crippen molar-refractivity contribution in [1.29, 1.82) is 0 Å². The molecule has 1 aromatic carbocycles. The second-order valence-electron chi connectivity index (χ2n) is 6.68. The number of aryl methyl sites for hydroxylation is 1. The number of ether oxygens (including phenoxy) is 1. The first kappa shape index (κ1) is 18.9. The molecule has 2 amide bonds. The number of hydrogen-bond acceptors (Lipinski definition) is 4. The summed E-state index contributed by atoms with van der Waals surface area (Å²) >= 11 is 0. The van der Waals surface area contributed by atoms with E-state index in [0.29, 0.717) is 31.7 Å². The zero-order valence-corrected chi connectivity index (χ0v) is 16.0. The van der Waals surface area contributed by atoms with Gasteiger partial charge in [0.2, 0.25) is 11.8 Å². The highest BCUT2D eigenvalue weighted by atomic mass is 16.5. The van der Waals surface area contributed by atoms with Crippen LogP contribution in [0.1, 0.15) is 37.1 Å². The van der Waals surface area contributed by atoms with Gasteiger partial charge in [-0.25, -0.2) is 0 Å². The number of nitrogens with zero attached hydrogens (tertiary/aromatic N) is 3. The first-order chi connectivity index (χ1) is 13.1. The van der Waals surface area contributed by atoms with Crippen LogP contribution in [0.15, 0.2) is 36.5 Å². The molecule has 0 saturated carbocycles. The van der Waals surface area contributed by atoms with Crippen molar-refractivity contribution in [1.82, 2.24) is 20.0 Å². The standard InChI is InChI=1S/C20H26N4O3/c1-4-24-18(25)10-9-16(19(24)15-7-5-6-8-17(15)27-3)20(26)21-13-14-11-12-22-23(14)2/h5-8,11-12,16,19H,4,9-10,13H2,1-3H3,(H,21,26)/t16-,19+/m1/s1. The Hall–Kier alpha value is -2.83. The molecule has 1 aromatic heterocycles. The molecule has 0 radical (unpaired) electrons. The maximum absolute atomic E-state index is 13.0. The summed E-state index contributed by atoms with van der Waals surface area (Å²) in [5.74, 6) is 0.384. The number of carbonyl (C=O) groups is 2. The van der Waals surface area contributed by atoms with Crippen LogP contribution >= 0.6 is 0 Å². The fourth-order valence-electron chi connectivity index (χ4n) is 3.78. The van der Waals surface area contributed by atoms with E-state index in [1.54, 1.807) is 22.9 Å². The molecule has 2 heterocycles. The highest BCUT2D eigenvalue weighted by Crippen LogP contribution is 2.40. The maximum atomic E-state index is 13.0. The molecule has 0 bridgehead atoms. The van der Waals surface area contributed by atoms with Crippen LogP contribution in [0.25, 0.3) is 0 Å². The van der Waals surface area contributed by atoms with Crippen LogP contribution in [-0.2, 0) is 23.2 Å². The van der Waals surface area contributed by atoms with Crippen molar-refractivity contribution in [2.45, 2.75) is 32.4 Å². The quantitative estimate of drug-likeness (QED) is 0.844. The van der Waals surface area contributed by atoms with Gasteiger partial charge < -0.3 is 15.0 Å². The number of benzene rings is 1. The van der Waals surface area contributed by atoms with Crippen molar-refractivity contribution in [3.05, 3.63) is 47.8 Å². The minimum atomic E-state index is -0.334. The molecule has 2 aromatic rings. The molecule has 1 N–H and O–H groups in total. The van der Waals surface area contributed by atoms with Crippen LogP contribution in [0.2, 0.25) is 0 Å². The van der Waals surface area contributed by atoms with E-state index in [2.05, 4.69) is 10.4 Å². The van der Waals surface area contributed by atoms with Crippen molar-refractivity contribution >= 4 is 11.8 Å². The normalized spacial score (nSPS) is 19.8. The number of para-hydroxylation sites is 1. The maximum Gasteiger partial charge on any atom is 0.225 e. The van der Waals surface area contributed by atoms with Crippen molar-refractivity contribution in [2.24, 2.45) is 13.0 Å². The van der Waals surface area contributed by atoms with Gasteiger partial charge in [-0.05, 0) is 25.5 Å². The zero-order valence-electron chi connectivity index (χ0n) is 16.0. The summed E-state index contributed by atoms with van der Waals surface area (Å²) in [7, 11) is 3.45. The molecule has 7 nitrogen and oxygen atoms in total.